The first-order valence-corrected chi connectivity index (χ1v) is 7.04. The molecule has 1 aliphatic rings. The number of fused-ring (bicyclic) bond motifs is 1. The molecule has 1 aromatic carbocycles. The zero-order valence-corrected chi connectivity index (χ0v) is 12.0. The molecule has 2 heterocycles. The van der Waals surface area contributed by atoms with Crippen LogP contribution in [0.25, 0.3) is 10.9 Å². The van der Waals surface area contributed by atoms with Gasteiger partial charge in [-0.05, 0) is 25.2 Å². The highest BCUT2D eigenvalue weighted by molar-refractivity contribution is 5.77. The van der Waals surface area contributed by atoms with Crippen LogP contribution in [-0.2, 0) is 11.3 Å². The molecule has 0 amide bonds. The maximum absolute atomic E-state index is 13.3. The summed E-state index contributed by atoms with van der Waals surface area (Å²) < 4.78 is 20.4. The number of aromatic nitrogens is 2. The predicted molar refractivity (Wildman–Crippen MR) is 77.8 cm³/mol. The molecule has 1 fully saturated rings. The van der Waals surface area contributed by atoms with Gasteiger partial charge in [0.25, 0.3) is 5.56 Å². The Bertz CT molecular complexity index is 701. The third kappa shape index (κ3) is 3.11. The molecular weight excluding hydrogens is 273 g/mol. The third-order valence-electron chi connectivity index (χ3n) is 3.78. The highest BCUT2D eigenvalue weighted by atomic mass is 19.1. The zero-order chi connectivity index (χ0) is 14.8. The number of halogens is 1. The van der Waals surface area contributed by atoms with Crippen LogP contribution in [0, 0.1) is 11.7 Å². The van der Waals surface area contributed by atoms with E-state index in [1.165, 1.54) is 24.5 Å². The Hall–Kier alpha value is -1.79. The van der Waals surface area contributed by atoms with Crippen molar-refractivity contribution in [3.05, 3.63) is 40.7 Å². The molecule has 1 aromatic heterocycles. The number of likely N-dealkylation sites (N-methyl/N-ethyl adjacent to an activating group) is 1. The molecule has 1 atom stereocenters. The molecule has 1 saturated heterocycles. The van der Waals surface area contributed by atoms with Crippen molar-refractivity contribution in [3.63, 3.8) is 0 Å². The molecule has 0 N–H and O–H groups in total. The quantitative estimate of drug-likeness (QED) is 0.832. The van der Waals surface area contributed by atoms with E-state index in [2.05, 4.69) is 9.88 Å². The van der Waals surface area contributed by atoms with Gasteiger partial charge in [0.15, 0.2) is 0 Å². The fourth-order valence-electron chi connectivity index (χ4n) is 2.70. The second-order valence-corrected chi connectivity index (χ2v) is 5.57. The van der Waals surface area contributed by atoms with Gasteiger partial charge < -0.3 is 9.64 Å². The van der Waals surface area contributed by atoms with E-state index >= 15 is 0 Å². The van der Waals surface area contributed by atoms with Gasteiger partial charge in [0, 0.05) is 25.6 Å². The molecule has 0 radical (unpaired) electrons. The minimum absolute atomic E-state index is 0.202. The summed E-state index contributed by atoms with van der Waals surface area (Å²) >= 11 is 0. The first-order chi connectivity index (χ1) is 10.1. The van der Waals surface area contributed by atoms with Crippen molar-refractivity contribution in [2.75, 3.05) is 33.4 Å². The lowest BCUT2D eigenvalue weighted by Crippen LogP contribution is -2.32. The smallest absolute Gasteiger partial charge is 0.261 e. The maximum Gasteiger partial charge on any atom is 0.261 e. The van der Waals surface area contributed by atoms with E-state index in [1.807, 2.05) is 7.05 Å². The second-order valence-electron chi connectivity index (χ2n) is 5.57. The van der Waals surface area contributed by atoms with Crippen LogP contribution >= 0.6 is 0 Å². The summed E-state index contributed by atoms with van der Waals surface area (Å²) in [6.07, 6.45) is 1.54. The summed E-state index contributed by atoms with van der Waals surface area (Å²) in [5, 5.41) is 0.320. The largest absolute Gasteiger partial charge is 0.380 e. The van der Waals surface area contributed by atoms with E-state index in [-0.39, 0.29) is 11.5 Å². The summed E-state index contributed by atoms with van der Waals surface area (Å²) in [7, 11) is 2.04. The van der Waals surface area contributed by atoms with Gasteiger partial charge in [0.2, 0.25) is 0 Å². The molecule has 21 heavy (non-hydrogen) atoms. The molecule has 6 heteroatoms. The molecule has 2 aromatic rings. The van der Waals surface area contributed by atoms with E-state index < -0.39 is 5.82 Å². The monoisotopic (exact) mass is 291 g/mol. The van der Waals surface area contributed by atoms with Gasteiger partial charge in [-0.2, -0.15) is 0 Å². The summed E-state index contributed by atoms with van der Waals surface area (Å²) in [5.41, 5.74) is 0.318. The zero-order valence-electron chi connectivity index (χ0n) is 12.0. The Kier molecular flexibility index (Phi) is 3.98. The van der Waals surface area contributed by atoms with Crippen LogP contribution in [0.3, 0.4) is 0 Å². The lowest BCUT2D eigenvalue weighted by Gasteiger charge is -2.19. The standard InChI is InChI=1S/C15H18FN3O2/c1-18-4-5-21-9-11(7-18)8-19-10-17-14-3-2-12(16)6-13(14)15(19)20/h2-3,6,10-11H,4-5,7-9H2,1H3. The van der Waals surface area contributed by atoms with Gasteiger partial charge in [-0.15, -0.1) is 0 Å². The maximum atomic E-state index is 13.3. The van der Waals surface area contributed by atoms with Crippen molar-refractivity contribution in [2.24, 2.45) is 5.92 Å². The van der Waals surface area contributed by atoms with Crippen molar-refractivity contribution in [3.8, 4) is 0 Å². The average Bonchev–Trinajstić information content (AvgIpc) is 2.67. The molecule has 112 valence electrons. The highest BCUT2D eigenvalue weighted by Gasteiger charge is 2.17. The predicted octanol–water partition coefficient (Wildman–Crippen LogP) is 1.11. The van der Waals surface area contributed by atoms with Gasteiger partial charge in [-0.1, -0.05) is 0 Å². The normalized spacial score (nSPS) is 20.6. The van der Waals surface area contributed by atoms with Gasteiger partial charge in [-0.3, -0.25) is 9.36 Å². The fourth-order valence-corrected chi connectivity index (χ4v) is 2.70. The van der Waals surface area contributed by atoms with Crippen molar-refractivity contribution in [2.45, 2.75) is 6.54 Å². The molecule has 1 aliphatic heterocycles. The first-order valence-electron chi connectivity index (χ1n) is 7.04. The molecule has 0 aliphatic carbocycles. The van der Waals surface area contributed by atoms with E-state index in [0.717, 1.165) is 13.1 Å². The van der Waals surface area contributed by atoms with E-state index in [0.29, 0.717) is 30.7 Å². The number of benzene rings is 1. The van der Waals surface area contributed by atoms with Gasteiger partial charge in [0.05, 0.1) is 30.4 Å². The van der Waals surface area contributed by atoms with E-state index in [4.69, 9.17) is 4.74 Å². The molecule has 0 spiro atoms. The van der Waals surface area contributed by atoms with Crippen LogP contribution in [0.4, 0.5) is 4.39 Å². The number of nitrogens with zero attached hydrogens (tertiary/aromatic N) is 3. The number of hydrogen-bond donors (Lipinski definition) is 0. The van der Waals surface area contributed by atoms with Gasteiger partial charge in [-0.25, -0.2) is 9.37 Å². The Morgan fingerprint density at radius 1 is 1.48 bits per heavy atom. The van der Waals surface area contributed by atoms with E-state index in [1.54, 1.807) is 4.57 Å². The van der Waals surface area contributed by atoms with Crippen LogP contribution in [0.15, 0.2) is 29.3 Å². The SMILES string of the molecule is CN1CCOCC(Cn2cnc3ccc(F)cc3c2=O)C1. The second kappa shape index (κ2) is 5.91. The topological polar surface area (TPSA) is 47.4 Å². The molecule has 3 rings (SSSR count). The number of rotatable bonds is 2. The van der Waals surface area contributed by atoms with Crippen LogP contribution in [-0.4, -0.2) is 47.8 Å². The number of ether oxygens (including phenoxy) is 1. The molecule has 5 nitrogen and oxygen atoms in total. The minimum Gasteiger partial charge on any atom is -0.380 e. The Morgan fingerprint density at radius 3 is 3.19 bits per heavy atom. The van der Waals surface area contributed by atoms with Crippen molar-refractivity contribution < 1.29 is 9.13 Å². The summed E-state index contributed by atoms with van der Waals surface area (Å²) in [6.45, 7) is 3.63. The fraction of sp³-hybridized carbons (Fsp3) is 0.467. The van der Waals surface area contributed by atoms with Crippen LogP contribution in [0.2, 0.25) is 0 Å². The summed E-state index contributed by atoms with van der Waals surface area (Å²) in [6, 6.07) is 4.09. The number of hydrogen-bond acceptors (Lipinski definition) is 4. The lowest BCUT2D eigenvalue weighted by atomic mass is 10.1. The molecular formula is C15H18FN3O2. The van der Waals surface area contributed by atoms with Crippen LogP contribution in [0.1, 0.15) is 0 Å². The lowest BCUT2D eigenvalue weighted by molar-refractivity contribution is 0.117. The Balaban J connectivity index is 1.90. The van der Waals surface area contributed by atoms with Crippen LogP contribution < -0.4 is 5.56 Å². The van der Waals surface area contributed by atoms with Crippen molar-refractivity contribution in [1.82, 2.24) is 14.5 Å². The van der Waals surface area contributed by atoms with Crippen molar-refractivity contribution in [1.29, 1.82) is 0 Å². The van der Waals surface area contributed by atoms with Crippen molar-refractivity contribution >= 4 is 10.9 Å². The van der Waals surface area contributed by atoms with Crippen LogP contribution in [0.5, 0.6) is 0 Å². The summed E-state index contributed by atoms with van der Waals surface area (Å²) in [5.74, 6) is -0.195. The first kappa shape index (κ1) is 14.2. The molecule has 1 unspecified atom stereocenters. The average molecular weight is 291 g/mol. The third-order valence-corrected chi connectivity index (χ3v) is 3.78. The highest BCUT2D eigenvalue weighted by Crippen LogP contribution is 2.11. The van der Waals surface area contributed by atoms with Gasteiger partial charge in [0.1, 0.15) is 5.82 Å². The minimum atomic E-state index is -0.420. The van der Waals surface area contributed by atoms with Gasteiger partial charge >= 0.3 is 0 Å². The Morgan fingerprint density at radius 2 is 2.33 bits per heavy atom. The summed E-state index contributed by atoms with van der Waals surface area (Å²) in [4.78, 5) is 18.8. The van der Waals surface area contributed by atoms with E-state index in [9.17, 15) is 9.18 Å². The molecule has 0 saturated carbocycles. The molecule has 0 bridgehead atoms. The Labute approximate surface area is 122 Å².